The zero-order chi connectivity index (χ0) is 23.8. The highest BCUT2D eigenvalue weighted by atomic mass is 35.5. The Morgan fingerprint density at radius 2 is 1.79 bits per heavy atom. The predicted molar refractivity (Wildman–Crippen MR) is 138 cm³/mol. The van der Waals surface area contributed by atoms with E-state index in [1.807, 2.05) is 35.8 Å². The van der Waals surface area contributed by atoms with E-state index < -0.39 is 0 Å². The third kappa shape index (κ3) is 4.38. The number of rotatable bonds is 4. The molecule has 0 spiro atoms. The number of nitrogens with one attached hydrogen (secondary N) is 1. The fourth-order valence-electron chi connectivity index (χ4n) is 4.56. The molecule has 2 aromatic heterocycles. The standard InChI is InChI=1S/C27H28ClN5O/c1-17-4-5-18(2)22(14-17)24-16-25-26(29-10-13-33(25)31-24)32-11-8-20(9-12-32)27(34)30-21-7-6-19(3)23(28)15-21/h4-7,10,13-16,20H,8-9,11-12H2,1-3H3,(H,30,34). The molecule has 6 nitrogen and oxygen atoms in total. The third-order valence-corrected chi connectivity index (χ3v) is 7.05. The Bertz CT molecular complexity index is 1370. The lowest BCUT2D eigenvalue weighted by Gasteiger charge is -2.32. The minimum atomic E-state index is -0.0357. The summed E-state index contributed by atoms with van der Waals surface area (Å²) < 4.78 is 1.90. The van der Waals surface area contributed by atoms with E-state index in [1.54, 1.807) is 6.20 Å². The third-order valence-electron chi connectivity index (χ3n) is 6.64. The summed E-state index contributed by atoms with van der Waals surface area (Å²) in [6.45, 7) is 7.69. The summed E-state index contributed by atoms with van der Waals surface area (Å²) in [5.41, 5.74) is 7.22. The molecule has 1 aliphatic heterocycles. The summed E-state index contributed by atoms with van der Waals surface area (Å²) in [4.78, 5) is 19.8. The molecule has 1 amide bonds. The fourth-order valence-corrected chi connectivity index (χ4v) is 4.74. The Morgan fingerprint density at radius 3 is 2.56 bits per heavy atom. The fraction of sp³-hybridized carbons (Fsp3) is 0.296. The molecular weight excluding hydrogens is 446 g/mol. The lowest BCUT2D eigenvalue weighted by Crippen LogP contribution is -2.38. The van der Waals surface area contributed by atoms with Crippen LogP contribution in [0.4, 0.5) is 11.5 Å². The van der Waals surface area contributed by atoms with Gasteiger partial charge in [-0.2, -0.15) is 5.10 Å². The summed E-state index contributed by atoms with van der Waals surface area (Å²) >= 11 is 6.20. The van der Waals surface area contributed by atoms with Crippen molar-refractivity contribution in [2.75, 3.05) is 23.3 Å². The van der Waals surface area contributed by atoms with Crippen LogP contribution in [0.1, 0.15) is 29.5 Å². The van der Waals surface area contributed by atoms with Crippen LogP contribution in [0.3, 0.4) is 0 Å². The van der Waals surface area contributed by atoms with Crippen molar-refractivity contribution in [1.29, 1.82) is 0 Å². The zero-order valence-corrected chi connectivity index (χ0v) is 20.4. The summed E-state index contributed by atoms with van der Waals surface area (Å²) in [6, 6.07) is 14.2. The number of benzene rings is 2. The molecule has 0 saturated carbocycles. The van der Waals surface area contributed by atoms with Crippen LogP contribution in [-0.2, 0) is 4.79 Å². The van der Waals surface area contributed by atoms with Gasteiger partial charge in [-0.25, -0.2) is 9.50 Å². The Hall–Kier alpha value is -3.38. The number of halogens is 1. The van der Waals surface area contributed by atoms with Gasteiger partial charge in [0.1, 0.15) is 5.52 Å². The van der Waals surface area contributed by atoms with Crippen LogP contribution < -0.4 is 10.2 Å². The lowest BCUT2D eigenvalue weighted by molar-refractivity contribution is -0.120. The van der Waals surface area contributed by atoms with Gasteiger partial charge in [0.25, 0.3) is 0 Å². The van der Waals surface area contributed by atoms with E-state index >= 15 is 0 Å². The molecule has 0 bridgehead atoms. The van der Waals surface area contributed by atoms with Gasteiger partial charge in [0.15, 0.2) is 5.82 Å². The van der Waals surface area contributed by atoms with Crippen molar-refractivity contribution < 1.29 is 4.79 Å². The van der Waals surface area contributed by atoms with Crippen molar-refractivity contribution in [2.24, 2.45) is 5.92 Å². The maximum Gasteiger partial charge on any atom is 0.227 e. The second-order valence-corrected chi connectivity index (χ2v) is 9.55. The quantitative estimate of drug-likeness (QED) is 0.405. The van der Waals surface area contributed by atoms with Crippen LogP contribution >= 0.6 is 11.6 Å². The molecule has 0 radical (unpaired) electrons. The molecule has 174 valence electrons. The first kappa shape index (κ1) is 22.4. The van der Waals surface area contributed by atoms with Gasteiger partial charge in [0, 0.05) is 47.7 Å². The van der Waals surface area contributed by atoms with Crippen LogP contribution in [0.5, 0.6) is 0 Å². The molecule has 1 saturated heterocycles. The molecule has 0 atom stereocenters. The van der Waals surface area contributed by atoms with E-state index in [4.69, 9.17) is 16.7 Å². The number of carbonyl (C=O) groups is 1. The second-order valence-electron chi connectivity index (χ2n) is 9.14. The Labute approximate surface area is 204 Å². The van der Waals surface area contributed by atoms with E-state index in [9.17, 15) is 4.79 Å². The zero-order valence-electron chi connectivity index (χ0n) is 19.7. The second kappa shape index (κ2) is 9.11. The van der Waals surface area contributed by atoms with Crippen LogP contribution in [0.15, 0.2) is 54.9 Å². The van der Waals surface area contributed by atoms with E-state index in [-0.39, 0.29) is 11.8 Å². The number of hydrogen-bond acceptors (Lipinski definition) is 4. The molecule has 3 heterocycles. The van der Waals surface area contributed by atoms with Gasteiger partial charge in [0.2, 0.25) is 5.91 Å². The number of anilines is 2. The molecule has 0 unspecified atom stereocenters. The van der Waals surface area contributed by atoms with Crippen molar-refractivity contribution >= 4 is 34.5 Å². The number of aryl methyl sites for hydroxylation is 3. The van der Waals surface area contributed by atoms with E-state index in [1.165, 1.54) is 11.1 Å². The molecule has 0 aliphatic carbocycles. The number of aromatic nitrogens is 3. The average Bonchev–Trinajstić information content (AvgIpc) is 3.27. The highest BCUT2D eigenvalue weighted by Gasteiger charge is 2.27. The van der Waals surface area contributed by atoms with Crippen molar-refractivity contribution in [2.45, 2.75) is 33.6 Å². The van der Waals surface area contributed by atoms with Gasteiger partial charge in [-0.1, -0.05) is 35.4 Å². The van der Waals surface area contributed by atoms with E-state index in [2.05, 4.69) is 53.3 Å². The van der Waals surface area contributed by atoms with Crippen LogP contribution in [0.25, 0.3) is 16.8 Å². The lowest BCUT2D eigenvalue weighted by atomic mass is 9.95. The van der Waals surface area contributed by atoms with Crippen molar-refractivity contribution in [3.8, 4) is 11.3 Å². The number of piperidine rings is 1. The molecule has 2 aromatic carbocycles. The van der Waals surface area contributed by atoms with Crippen LogP contribution in [0, 0.1) is 26.7 Å². The molecule has 34 heavy (non-hydrogen) atoms. The number of nitrogens with zero attached hydrogens (tertiary/aromatic N) is 4. The molecule has 7 heteroatoms. The normalized spacial score (nSPS) is 14.5. The van der Waals surface area contributed by atoms with Gasteiger partial charge in [-0.15, -0.1) is 0 Å². The van der Waals surface area contributed by atoms with Gasteiger partial charge in [-0.05, 0) is 69.0 Å². The summed E-state index contributed by atoms with van der Waals surface area (Å²) in [7, 11) is 0. The minimum absolute atomic E-state index is 0.0357. The molecule has 1 fully saturated rings. The Balaban J connectivity index is 1.31. The van der Waals surface area contributed by atoms with Crippen molar-refractivity contribution in [3.63, 3.8) is 0 Å². The number of fused-ring (bicyclic) bond motifs is 1. The van der Waals surface area contributed by atoms with Crippen molar-refractivity contribution in [3.05, 3.63) is 76.6 Å². The van der Waals surface area contributed by atoms with E-state index in [0.717, 1.165) is 59.8 Å². The van der Waals surface area contributed by atoms with E-state index in [0.29, 0.717) is 5.02 Å². The molecule has 5 rings (SSSR count). The van der Waals surface area contributed by atoms with Crippen LogP contribution in [0.2, 0.25) is 5.02 Å². The number of hydrogen-bond donors (Lipinski definition) is 1. The number of amides is 1. The molecule has 1 N–H and O–H groups in total. The first-order valence-electron chi connectivity index (χ1n) is 11.6. The number of carbonyl (C=O) groups excluding carboxylic acids is 1. The van der Waals surface area contributed by atoms with Gasteiger partial charge in [-0.3, -0.25) is 4.79 Å². The highest BCUT2D eigenvalue weighted by Crippen LogP contribution is 2.30. The summed E-state index contributed by atoms with van der Waals surface area (Å²) in [5, 5.41) is 8.50. The van der Waals surface area contributed by atoms with Gasteiger partial charge >= 0.3 is 0 Å². The first-order chi connectivity index (χ1) is 16.4. The summed E-state index contributed by atoms with van der Waals surface area (Å²) in [6.07, 6.45) is 5.22. The highest BCUT2D eigenvalue weighted by molar-refractivity contribution is 6.31. The van der Waals surface area contributed by atoms with Gasteiger partial charge < -0.3 is 10.2 Å². The average molecular weight is 474 g/mol. The first-order valence-corrected chi connectivity index (χ1v) is 12.0. The minimum Gasteiger partial charge on any atom is -0.355 e. The molecular formula is C27H28ClN5O. The van der Waals surface area contributed by atoms with Crippen LogP contribution in [-0.4, -0.2) is 33.6 Å². The summed E-state index contributed by atoms with van der Waals surface area (Å²) in [5.74, 6) is 0.925. The molecule has 1 aliphatic rings. The Morgan fingerprint density at radius 1 is 1.03 bits per heavy atom. The SMILES string of the molecule is Cc1ccc(C)c(-c2cc3c(N4CCC(C(=O)Nc5ccc(C)c(Cl)c5)CC4)nccn3n2)c1. The predicted octanol–water partition coefficient (Wildman–Crippen LogP) is 5.83. The topological polar surface area (TPSA) is 62.5 Å². The Kier molecular flexibility index (Phi) is 6.00. The van der Waals surface area contributed by atoms with Crippen molar-refractivity contribution in [1.82, 2.24) is 14.6 Å². The maximum atomic E-state index is 12.8. The smallest absolute Gasteiger partial charge is 0.227 e. The van der Waals surface area contributed by atoms with Gasteiger partial charge in [0.05, 0.1) is 5.69 Å². The largest absolute Gasteiger partial charge is 0.355 e. The molecule has 4 aromatic rings. The monoisotopic (exact) mass is 473 g/mol. The maximum absolute atomic E-state index is 12.8.